The van der Waals surface area contributed by atoms with E-state index in [0.717, 1.165) is 19.1 Å². The number of rotatable bonds is 2. The van der Waals surface area contributed by atoms with Crippen molar-refractivity contribution in [3.05, 3.63) is 0 Å². The third-order valence-electron chi connectivity index (χ3n) is 2.76. The first-order valence-electron chi connectivity index (χ1n) is 4.24. The summed E-state index contributed by atoms with van der Waals surface area (Å²) in [5.74, 6) is 0. The highest BCUT2D eigenvalue weighted by Gasteiger charge is 2.46. The number of carbonyl (C=O) groups is 1. The van der Waals surface area contributed by atoms with Crippen LogP contribution in [0.2, 0.25) is 0 Å². The van der Waals surface area contributed by atoms with E-state index in [0.29, 0.717) is 6.54 Å². The topological polar surface area (TPSA) is 53.0 Å². The van der Waals surface area contributed by atoms with Gasteiger partial charge < -0.3 is 9.90 Å². The number of nitrogens with zero attached hydrogens (tertiary/aromatic N) is 2. The summed E-state index contributed by atoms with van der Waals surface area (Å²) in [5, 5.41) is 11.3. The van der Waals surface area contributed by atoms with Gasteiger partial charge in [0.2, 0.25) is 0 Å². The van der Waals surface area contributed by atoms with Crippen LogP contribution >= 0.6 is 23.0 Å². The maximum absolute atomic E-state index is 10.7. The third-order valence-corrected chi connectivity index (χ3v) is 3.22. The van der Waals surface area contributed by atoms with E-state index in [1.807, 2.05) is 0 Å². The van der Waals surface area contributed by atoms with Gasteiger partial charge in [0.1, 0.15) is 29.3 Å². The molecule has 2 aliphatic heterocycles. The number of halogens is 1. The van der Waals surface area contributed by atoms with Crippen LogP contribution in [0.15, 0.2) is 0 Å². The minimum atomic E-state index is -0.764. The van der Waals surface area contributed by atoms with Gasteiger partial charge in [0.25, 0.3) is 0 Å². The molecule has 1 N–H and O–H groups in total. The Morgan fingerprint density at radius 2 is 2.31 bits per heavy atom. The number of aldehydes is 1. The molecule has 2 rings (SSSR count). The maximum atomic E-state index is 10.7. The molecule has 0 radical (unpaired) electrons. The molecule has 13 heavy (non-hydrogen) atoms. The fourth-order valence-corrected chi connectivity index (χ4v) is 2.57. The molecule has 0 aromatic carbocycles. The minimum Gasteiger partial charge on any atom is -0.363 e. The molecule has 4 atom stereocenters. The zero-order valence-corrected chi connectivity index (χ0v) is 9.12. The minimum absolute atomic E-state index is 0.150. The monoisotopic (exact) mass is 298 g/mol. The lowest BCUT2D eigenvalue weighted by atomic mass is 10.0. The van der Waals surface area contributed by atoms with Crippen LogP contribution in [0.1, 0.15) is 12.8 Å². The van der Waals surface area contributed by atoms with Crippen molar-refractivity contribution in [3.63, 3.8) is 0 Å². The molecule has 0 aromatic heterocycles. The van der Waals surface area contributed by atoms with Crippen LogP contribution in [0, 0.1) is 0 Å². The van der Waals surface area contributed by atoms with Gasteiger partial charge in [-0.05, 0) is 12.8 Å². The van der Waals surface area contributed by atoms with E-state index >= 15 is 0 Å². The second-order valence-corrected chi connectivity index (χ2v) is 3.80. The number of piperidine rings is 1. The number of hydrogen-bond donors (Lipinski definition) is 1. The number of aliphatic hydroxyl groups excluding tert-OH is 1. The van der Waals surface area contributed by atoms with Gasteiger partial charge in [0, 0.05) is 6.54 Å². The van der Waals surface area contributed by atoms with Gasteiger partial charge in [0.05, 0.1) is 12.1 Å². The molecule has 0 spiro atoms. The highest BCUT2D eigenvalue weighted by atomic mass is 127. The first-order chi connectivity index (χ1) is 6.27. The van der Waals surface area contributed by atoms with Crippen LogP contribution in [0.3, 0.4) is 0 Å². The molecule has 2 bridgehead atoms. The Morgan fingerprint density at radius 1 is 1.54 bits per heavy atom. The largest absolute Gasteiger partial charge is 0.363 e. The summed E-state index contributed by atoms with van der Waals surface area (Å²) in [6.07, 6.45) is 1.84. The normalized spacial score (nSPS) is 45.1. The smallest absolute Gasteiger partial charge is 0.189 e. The molecular formula is C7H11IN2O3. The SMILES string of the molecule is O=CC1CC[C@H]2CN1C(O)N2OI. The summed E-state index contributed by atoms with van der Waals surface area (Å²) in [5.41, 5.74) is 0. The third kappa shape index (κ3) is 1.50. The molecule has 0 amide bonds. The second kappa shape index (κ2) is 3.77. The fourth-order valence-electron chi connectivity index (χ4n) is 2.05. The van der Waals surface area contributed by atoms with Crippen LogP contribution in [0.5, 0.6) is 0 Å². The molecular weight excluding hydrogens is 287 g/mol. The quantitative estimate of drug-likeness (QED) is 0.569. The van der Waals surface area contributed by atoms with Gasteiger partial charge in [-0.2, -0.15) is 0 Å². The van der Waals surface area contributed by atoms with Gasteiger partial charge in [-0.15, -0.1) is 5.06 Å². The van der Waals surface area contributed by atoms with Crippen LogP contribution < -0.4 is 0 Å². The Kier molecular flexibility index (Phi) is 2.84. The van der Waals surface area contributed by atoms with E-state index in [1.165, 1.54) is 0 Å². The lowest BCUT2D eigenvalue weighted by Crippen LogP contribution is -2.44. The van der Waals surface area contributed by atoms with Crippen LogP contribution in [0.4, 0.5) is 0 Å². The van der Waals surface area contributed by atoms with Crippen molar-refractivity contribution in [2.75, 3.05) is 6.54 Å². The molecule has 2 aliphatic rings. The van der Waals surface area contributed by atoms with E-state index in [9.17, 15) is 9.90 Å². The Hall–Kier alpha value is 0.240. The summed E-state index contributed by atoms with van der Waals surface area (Å²) in [6.45, 7) is 0.716. The van der Waals surface area contributed by atoms with Crippen molar-refractivity contribution in [2.24, 2.45) is 0 Å². The molecule has 2 saturated heterocycles. The lowest BCUT2D eigenvalue weighted by Gasteiger charge is -2.27. The highest BCUT2D eigenvalue weighted by molar-refractivity contribution is 14.1. The van der Waals surface area contributed by atoms with Gasteiger partial charge in [0.15, 0.2) is 6.35 Å². The van der Waals surface area contributed by atoms with Crippen molar-refractivity contribution < 1.29 is 13.1 Å². The summed E-state index contributed by atoms with van der Waals surface area (Å²) in [6, 6.07) is 0.0749. The standard InChI is InChI=1S/C7H11IN2O3/c8-13-10-5-1-2-6(4-11)9(3-5)7(10)12/h4-7,12H,1-3H2/t5-,6?,7?/m0/s1. The van der Waals surface area contributed by atoms with E-state index in [1.54, 1.807) is 33.0 Å². The van der Waals surface area contributed by atoms with Crippen LogP contribution in [0.25, 0.3) is 0 Å². The summed E-state index contributed by atoms with van der Waals surface area (Å²) in [7, 11) is 0. The van der Waals surface area contributed by atoms with Crippen molar-refractivity contribution in [1.29, 1.82) is 0 Å². The molecule has 2 fully saturated rings. The average molecular weight is 298 g/mol. The van der Waals surface area contributed by atoms with Gasteiger partial charge >= 0.3 is 0 Å². The first-order valence-corrected chi connectivity index (χ1v) is 5.12. The molecule has 5 nitrogen and oxygen atoms in total. The van der Waals surface area contributed by atoms with Gasteiger partial charge in [-0.1, -0.05) is 0 Å². The molecule has 3 unspecified atom stereocenters. The van der Waals surface area contributed by atoms with Crippen molar-refractivity contribution >= 4 is 29.3 Å². The van der Waals surface area contributed by atoms with E-state index in [-0.39, 0.29) is 12.1 Å². The Balaban J connectivity index is 2.14. The van der Waals surface area contributed by atoms with Crippen molar-refractivity contribution in [1.82, 2.24) is 9.96 Å². The zero-order chi connectivity index (χ0) is 9.42. The number of hydroxylamine groups is 2. The summed E-state index contributed by atoms with van der Waals surface area (Å²) < 4.78 is 5.03. The predicted molar refractivity (Wildman–Crippen MR) is 52.5 cm³/mol. The summed E-state index contributed by atoms with van der Waals surface area (Å²) in [4.78, 5) is 12.4. The van der Waals surface area contributed by atoms with E-state index in [2.05, 4.69) is 0 Å². The fraction of sp³-hybridized carbons (Fsp3) is 0.857. The number of carbonyl (C=O) groups excluding carboxylic acids is 1. The number of aliphatic hydroxyl groups is 1. The molecule has 0 aromatic rings. The van der Waals surface area contributed by atoms with Crippen LogP contribution in [-0.2, 0) is 7.96 Å². The van der Waals surface area contributed by atoms with Crippen molar-refractivity contribution in [3.8, 4) is 0 Å². The molecule has 74 valence electrons. The van der Waals surface area contributed by atoms with Gasteiger partial charge in [-0.3, -0.25) is 4.90 Å². The summed E-state index contributed by atoms with van der Waals surface area (Å²) >= 11 is 1.75. The maximum Gasteiger partial charge on any atom is 0.189 e. The Morgan fingerprint density at radius 3 is 2.92 bits per heavy atom. The molecule has 6 heteroatoms. The molecule has 0 aliphatic carbocycles. The Bertz CT molecular complexity index is 216. The van der Waals surface area contributed by atoms with E-state index in [4.69, 9.17) is 3.17 Å². The second-order valence-electron chi connectivity index (χ2n) is 3.41. The predicted octanol–water partition coefficient (Wildman–Crippen LogP) is -0.109. The van der Waals surface area contributed by atoms with Crippen molar-refractivity contribution in [2.45, 2.75) is 31.3 Å². The van der Waals surface area contributed by atoms with E-state index < -0.39 is 6.35 Å². The highest BCUT2D eigenvalue weighted by Crippen LogP contribution is 2.31. The number of fused-ring (bicyclic) bond motifs is 2. The Labute approximate surface area is 90.3 Å². The van der Waals surface area contributed by atoms with Crippen LogP contribution in [-0.4, -0.2) is 46.3 Å². The average Bonchev–Trinajstić information content (AvgIpc) is 2.41. The number of hydrogen-bond acceptors (Lipinski definition) is 5. The first kappa shape index (κ1) is 9.78. The molecule has 0 saturated carbocycles. The molecule has 2 heterocycles. The zero-order valence-electron chi connectivity index (χ0n) is 6.97. The lowest BCUT2D eigenvalue weighted by molar-refractivity contribution is -0.177. The van der Waals surface area contributed by atoms with Gasteiger partial charge in [-0.25, -0.2) is 3.17 Å².